The number of aryl methyl sites for hydroxylation is 12. The van der Waals surface area contributed by atoms with Crippen LogP contribution in [0.15, 0.2) is 60.2 Å². The minimum Gasteiger partial charge on any atom is -0.481 e. The number of esters is 1. The van der Waals surface area contributed by atoms with Crippen LogP contribution < -0.4 is 0 Å². The lowest BCUT2D eigenvalue weighted by Gasteiger charge is -2.32. The first-order valence-corrected chi connectivity index (χ1v) is 26.8. The molecular weight excluding hydrogens is 947 g/mol. The van der Waals surface area contributed by atoms with Crippen LogP contribution >= 0.6 is 14.3 Å². The minimum atomic E-state index is -5.72. The summed E-state index contributed by atoms with van der Waals surface area (Å²) in [6.07, 6.45) is -2.13. The molecule has 14 nitrogen and oxygen atoms in total. The average molecular weight is 1010 g/mol. The third kappa shape index (κ3) is 11.7. The second kappa shape index (κ2) is 22.7. The van der Waals surface area contributed by atoms with Crippen LogP contribution in [0.2, 0.25) is 0 Å². The monoisotopic (exact) mass is 1010 g/mol. The van der Waals surface area contributed by atoms with Gasteiger partial charge in [-0.25, -0.2) is 4.79 Å². The Morgan fingerprint density at radius 3 is 1.04 bits per heavy atom. The van der Waals surface area contributed by atoms with Gasteiger partial charge in [-0.05, 0) is 134 Å². The first-order chi connectivity index (χ1) is 32.9. The molecule has 380 valence electrons. The maximum absolute atomic E-state index is 16.7. The van der Waals surface area contributed by atoms with Gasteiger partial charge in [0.25, 0.3) is 0 Å². The third-order valence-corrected chi connectivity index (χ3v) is 19.2. The number of carboxylic acid groups (broad SMARTS) is 2. The summed E-state index contributed by atoms with van der Waals surface area (Å²) in [5.74, 6) is -5.14. The van der Waals surface area contributed by atoms with Gasteiger partial charge in [0.2, 0.25) is 36.4 Å². The second-order valence-corrected chi connectivity index (χ2v) is 24.8. The fraction of sp³-hybridized carbons (Fsp3) is 0.400. The van der Waals surface area contributed by atoms with E-state index in [-0.39, 0.29) is 73.2 Å². The molecule has 0 fully saturated rings. The predicted molar refractivity (Wildman–Crippen MR) is 273 cm³/mol. The van der Waals surface area contributed by atoms with Gasteiger partial charge in [0.15, 0.2) is 0 Å². The van der Waals surface area contributed by atoms with Gasteiger partial charge in [-0.2, -0.15) is 0 Å². The van der Waals surface area contributed by atoms with E-state index in [0.717, 1.165) is 0 Å². The molecule has 0 spiro atoms. The molecule has 4 aromatic rings. The molecule has 0 aromatic heterocycles. The minimum absolute atomic E-state index is 0.00263. The summed E-state index contributed by atoms with van der Waals surface area (Å²) < 4.78 is 39.0. The molecule has 4 N–H and O–H groups in total. The Balaban J connectivity index is 2.36. The number of hydrogen-bond donors (Lipinski definition) is 4. The molecule has 0 saturated heterocycles. The molecule has 71 heavy (non-hydrogen) atoms. The van der Waals surface area contributed by atoms with Crippen molar-refractivity contribution in [2.45, 2.75) is 121 Å². The summed E-state index contributed by atoms with van der Waals surface area (Å²) in [5.41, 5.74) is -8.78. The number of allylic oxidation sites excluding steroid dienone is 1. The van der Waals surface area contributed by atoms with Crippen molar-refractivity contribution in [1.82, 2.24) is 0 Å². The third-order valence-electron chi connectivity index (χ3n) is 13.3. The first kappa shape index (κ1) is 57.7. The van der Waals surface area contributed by atoms with Crippen molar-refractivity contribution < 1.29 is 67.9 Å². The van der Waals surface area contributed by atoms with Gasteiger partial charge in [0.1, 0.15) is 6.61 Å². The highest BCUT2D eigenvalue weighted by molar-refractivity contribution is 7.96. The Labute approximate surface area is 415 Å². The van der Waals surface area contributed by atoms with Gasteiger partial charge in [-0.3, -0.25) is 28.8 Å². The molecule has 2 unspecified atom stereocenters. The molecule has 4 aromatic carbocycles. The van der Waals surface area contributed by atoms with Crippen molar-refractivity contribution in [3.05, 3.63) is 149 Å². The van der Waals surface area contributed by atoms with Crippen LogP contribution in [0, 0.1) is 88.5 Å². The highest BCUT2D eigenvalue weighted by Crippen LogP contribution is 2.63. The van der Waals surface area contributed by atoms with Crippen LogP contribution in [0.4, 0.5) is 0 Å². The Kier molecular flexibility index (Phi) is 18.4. The van der Waals surface area contributed by atoms with E-state index in [9.17, 15) is 30.0 Å². The van der Waals surface area contributed by atoms with E-state index in [2.05, 4.69) is 0 Å². The maximum Gasteiger partial charge on any atom is 0.334 e. The number of carbonyl (C=O) groups is 7. The molecule has 0 aliphatic rings. The molecule has 0 amide bonds. The van der Waals surface area contributed by atoms with E-state index in [0.29, 0.717) is 28.3 Å². The zero-order valence-corrected chi connectivity index (χ0v) is 44.6. The van der Waals surface area contributed by atoms with Crippen molar-refractivity contribution in [3.63, 3.8) is 0 Å². The summed E-state index contributed by atoms with van der Waals surface area (Å²) in [7, 11) is -11.3. The molecule has 4 rings (SSSR count). The van der Waals surface area contributed by atoms with Gasteiger partial charge in [0.05, 0.1) is 42.8 Å². The zero-order chi connectivity index (χ0) is 53.8. The molecule has 0 heterocycles. The number of carboxylic acids is 2. The Hall–Kier alpha value is -5.91. The normalized spacial score (nSPS) is 13.1. The van der Waals surface area contributed by atoms with Crippen LogP contribution in [0.25, 0.3) is 0 Å². The predicted octanol–water partition coefficient (Wildman–Crippen LogP) is 10.3. The van der Waals surface area contributed by atoms with Gasteiger partial charge in [-0.15, -0.1) is 0 Å². The van der Waals surface area contributed by atoms with Crippen molar-refractivity contribution in [2.24, 2.45) is 5.41 Å². The van der Waals surface area contributed by atoms with Crippen molar-refractivity contribution >= 4 is 54.3 Å². The largest absolute Gasteiger partial charge is 0.481 e. The van der Waals surface area contributed by atoms with Gasteiger partial charge >= 0.3 is 17.9 Å². The number of carbonyl (C=O) groups excluding carboxylic acids is 5. The van der Waals surface area contributed by atoms with E-state index < -0.39 is 109 Å². The number of rotatable bonds is 22. The topological polar surface area (TPSA) is 244 Å². The summed E-state index contributed by atoms with van der Waals surface area (Å²) in [4.78, 5) is 104. The first-order valence-electron chi connectivity index (χ1n) is 23.2. The summed E-state index contributed by atoms with van der Waals surface area (Å²) in [6.45, 7) is 18.5. The van der Waals surface area contributed by atoms with E-state index in [1.165, 1.54) is 55.4 Å². The standard InChI is InChI=1S/C55H66O14P2/c1-14-55(26-56,27-57)28-69-50(62)42(43(25-45(60)61)71(68,53(65)48-37(10)19-31(4)20-38(48)11)54(66)49-39(12)21-32(5)22-40(49)13)23-41(24-44(58)59)70(67,51(63)46-33(6)15-29(2)16-34(46)7)52(64)47-35(8)17-30(3)18-36(47)9/h15-23,41,43,56-57H,14,24-28H2,1-13H3,(H,58,59)(H,60,61). The van der Waals surface area contributed by atoms with E-state index >= 15 is 33.1 Å². The molecule has 0 radical (unpaired) electrons. The maximum atomic E-state index is 16.7. The van der Waals surface area contributed by atoms with Crippen LogP contribution in [0.3, 0.4) is 0 Å². The number of hydrogen-bond acceptors (Lipinski definition) is 12. The smallest absolute Gasteiger partial charge is 0.334 e. The highest BCUT2D eigenvalue weighted by Gasteiger charge is 2.55. The van der Waals surface area contributed by atoms with Crippen LogP contribution in [-0.4, -0.2) is 91.6 Å². The quantitative estimate of drug-likeness (QED) is 0.0325. The molecular formula is C55H66O14P2. The van der Waals surface area contributed by atoms with Crippen molar-refractivity contribution in [1.29, 1.82) is 0 Å². The fourth-order valence-corrected chi connectivity index (χ4v) is 15.9. The van der Waals surface area contributed by atoms with Crippen LogP contribution in [0.5, 0.6) is 0 Å². The molecule has 16 heteroatoms. The number of aliphatic hydroxyl groups is 2. The molecule has 0 bridgehead atoms. The van der Waals surface area contributed by atoms with Gasteiger partial charge < -0.3 is 34.3 Å². The lowest BCUT2D eigenvalue weighted by molar-refractivity contribution is -0.145. The molecule has 0 saturated carbocycles. The fourth-order valence-electron chi connectivity index (χ4n) is 9.87. The van der Waals surface area contributed by atoms with Gasteiger partial charge in [0, 0.05) is 27.8 Å². The van der Waals surface area contributed by atoms with Crippen LogP contribution in [-0.2, 0) is 28.3 Å². The van der Waals surface area contributed by atoms with E-state index in [1.54, 1.807) is 83.1 Å². The zero-order valence-electron chi connectivity index (χ0n) is 42.9. The Morgan fingerprint density at radius 1 is 0.507 bits per heavy atom. The Bertz CT molecular complexity index is 2740. The average Bonchev–Trinajstić information content (AvgIpc) is 3.25. The van der Waals surface area contributed by atoms with Gasteiger partial charge in [-0.1, -0.05) is 83.8 Å². The van der Waals surface area contributed by atoms with Crippen molar-refractivity contribution in [3.8, 4) is 0 Å². The van der Waals surface area contributed by atoms with Crippen molar-refractivity contribution in [2.75, 3.05) is 19.8 Å². The molecule has 0 aliphatic carbocycles. The van der Waals surface area contributed by atoms with E-state index in [4.69, 9.17) is 4.74 Å². The second-order valence-electron chi connectivity index (χ2n) is 19.3. The molecule has 0 aliphatic heterocycles. The summed E-state index contributed by atoms with van der Waals surface area (Å²) >= 11 is 0. The lowest BCUT2D eigenvalue weighted by Crippen LogP contribution is -2.37. The number of aliphatic hydroxyl groups excluding tert-OH is 2. The lowest BCUT2D eigenvalue weighted by atomic mass is 9.88. The van der Waals surface area contributed by atoms with Crippen LogP contribution in [0.1, 0.15) is 134 Å². The number of benzene rings is 4. The number of ether oxygens (including phenoxy) is 1. The highest BCUT2D eigenvalue weighted by atomic mass is 31.2. The summed E-state index contributed by atoms with van der Waals surface area (Å²) in [5, 5.41) is 42.2. The number of aliphatic carboxylic acids is 2. The molecule has 2 atom stereocenters. The Morgan fingerprint density at radius 2 is 0.789 bits per heavy atom. The van der Waals surface area contributed by atoms with E-state index in [1.807, 2.05) is 0 Å². The SMILES string of the molecule is CCC(CO)(CO)COC(=O)C(=CC(CC(=O)O)P(=O)(C(=O)c1c(C)cc(C)cc1C)C(=O)c1c(C)cc(C)cc1C)C(CC(=O)O)P(=O)(C(=O)c1c(C)cc(C)cc1C)C(=O)c1c(C)cc(C)cc1C. The summed E-state index contributed by atoms with van der Waals surface area (Å²) in [6, 6.07) is 12.8.